The summed E-state index contributed by atoms with van der Waals surface area (Å²) in [6.07, 6.45) is 12.4. The first-order chi connectivity index (χ1) is 17.3. The Morgan fingerprint density at radius 2 is 1.94 bits per heavy atom. The fourth-order valence-electron chi connectivity index (χ4n) is 4.13. The fraction of sp³-hybridized carbons (Fsp3) is 0.290. The number of hydrogen-bond donors (Lipinski definition) is 1. The lowest BCUT2D eigenvalue weighted by Crippen LogP contribution is -1.92. The number of aromatic amines is 1. The zero-order chi connectivity index (χ0) is 26.1. The molecule has 1 aliphatic carbocycles. The number of halogens is 2. The number of pyridine rings is 1. The van der Waals surface area contributed by atoms with Crippen LogP contribution in [0.15, 0.2) is 73.1 Å². The van der Waals surface area contributed by atoms with E-state index in [1.165, 1.54) is 16.5 Å². The molecule has 0 bridgehead atoms. The molecule has 0 fully saturated rings. The third kappa shape index (κ3) is 7.63. The van der Waals surface area contributed by atoms with Gasteiger partial charge < -0.3 is 0 Å². The SMILES string of the molecule is C/C=C\C=C(/C)c1cc(F)c2c(c1)CC(C)C2.CCc1ccc(Cl)cn1.Cc1ccc2cn[nH]c2c1. The van der Waals surface area contributed by atoms with Crippen LogP contribution in [0.25, 0.3) is 16.5 Å². The predicted octanol–water partition coefficient (Wildman–Crippen LogP) is 8.71. The molecule has 4 aromatic rings. The molecule has 5 rings (SSSR count). The summed E-state index contributed by atoms with van der Waals surface area (Å²) < 4.78 is 14.0. The molecule has 5 heteroatoms. The Morgan fingerprint density at radius 1 is 1.14 bits per heavy atom. The van der Waals surface area contributed by atoms with Gasteiger partial charge in [0.25, 0.3) is 0 Å². The maximum absolute atomic E-state index is 14.0. The number of nitrogens with zero attached hydrogens (tertiary/aromatic N) is 2. The van der Waals surface area contributed by atoms with Gasteiger partial charge in [0, 0.05) is 17.3 Å². The van der Waals surface area contributed by atoms with Crippen molar-refractivity contribution in [3.8, 4) is 0 Å². The summed E-state index contributed by atoms with van der Waals surface area (Å²) in [6.45, 7) is 10.3. The second kappa shape index (κ2) is 13.2. The zero-order valence-corrected chi connectivity index (χ0v) is 22.5. The van der Waals surface area contributed by atoms with Gasteiger partial charge >= 0.3 is 0 Å². The van der Waals surface area contributed by atoms with Crippen molar-refractivity contribution >= 4 is 28.1 Å². The van der Waals surface area contributed by atoms with E-state index in [1.54, 1.807) is 12.3 Å². The Bertz CT molecular complexity index is 1340. The van der Waals surface area contributed by atoms with Crippen LogP contribution in [0.5, 0.6) is 0 Å². The van der Waals surface area contributed by atoms with Crippen molar-refractivity contribution in [1.29, 1.82) is 0 Å². The number of fused-ring (bicyclic) bond motifs is 2. The number of nitrogens with one attached hydrogen (secondary N) is 1. The Hall–Kier alpha value is -3.24. The fourth-order valence-corrected chi connectivity index (χ4v) is 4.24. The van der Waals surface area contributed by atoms with E-state index < -0.39 is 0 Å². The Morgan fingerprint density at radius 3 is 2.64 bits per heavy atom. The number of aromatic nitrogens is 3. The molecular weight excluding hydrogens is 469 g/mol. The van der Waals surface area contributed by atoms with Crippen molar-refractivity contribution in [3.63, 3.8) is 0 Å². The van der Waals surface area contributed by atoms with Gasteiger partial charge in [-0.25, -0.2) is 4.39 Å². The third-order valence-electron chi connectivity index (χ3n) is 6.15. The van der Waals surface area contributed by atoms with Crippen LogP contribution in [0.2, 0.25) is 5.02 Å². The monoisotopic (exact) mass is 503 g/mol. The number of hydrogen-bond acceptors (Lipinski definition) is 2. The quantitative estimate of drug-likeness (QED) is 0.284. The van der Waals surface area contributed by atoms with E-state index in [4.69, 9.17) is 11.6 Å². The molecule has 0 saturated carbocycles. The van der Waals surface area contributed by atoms with Crippen LogP contribution in [0.3, 0.4) is 0 Å². The Labute approximate surface area is 219 Å². The second-order valence-electron chi connectivity index (χ2n) is 9.27. The number of benzene rings is 2. The molecule has 0 amide bonds. The summed E-state index contributed by atoms with van der Waals surface area (Å²) in [4.78, 5) is 4.06. The standard InChI is InChI=1S/C16H19F.C8H8N2.C7H8ClN/c1-4-5-6-12(3)13-9-14-7-11(2)8-15(14)16(17)10-13;1-6-2-3-7-5-9-10-8(7)4-6;1-2-7-4-3-6(8)5-9-7/h4-6,9-11H,7-8H2,1-3H3;2-5H,1H3,(H,9,10);3-5H,2H2,1H3/b5-4-,12-6+;;. The molecule has 1 aliphatic rings. The van der Waals surface area contributed by atoms with Crippen LogP contribution in [0.4, 0.5) is 4.39 Å². The highest BCUT2D eigenvalue weighted by atomic mass is 35.5. The number of rotatable bonds is 3. The highest BCUT2D eigenvalue weighted by Gasteiger charge is 2.21. The van der Waals surface area contributed by atoms with Gasteiger partial charge in [0.05, 0.1) is 16.7 Å². The molecule has 3 nitrogen and oxygen atoms in total. The van der Waals surface area contributed by atoms with Gasteiger partial charge in [-0.3, -0.25) is 10.1 Å². The molecule has 2 aromatic heterocycles. The molecule has 2 aromatic carbocycles. The van der Waals surface area contributed by atoms with Crippen molar-refractivity contribution in [1.82, 2.24) is 15.2 Å². The van der Waals surface area contributed by atoms with Crippen molar-refractivity contribution in [2.24, 2.45) is 5.92 Å². The molecule has 188 valence electrons. The van der Waals surface area contributed by atoms with Crippen LogP contribution in [-0.2, 0) is 19.3 Å². The van der Waals surface area contributed by atoms with E-state index in [1.807, 2.05) is 50.4 Å². The summed E-state index contributed by atoms with van der Waals surface area (Å²) in [5.74, 6) is 0.546. The summed E-state index contributed by atoms with van der Waals surface area (Å²) in [5, 5.41) is 8.70. The normalized spacial score (nSPS) is 14.8. The lowest BCUT2D eigenvalue weighted by atomic mass is 10.0. The van der Waals surface area contributed by atoms with Crippen molar-refractivity contribution in [3.05, 3.63) is 112 Å². The van der Waals surface area contributed by atoms with Crippen molar-refractivity contribution in [2.75, 3.05) is 0 Å². The van der Waals surface area contributed by atoms with Crippen LogP contribution < -0.4 is 0 Å². The van der Waals surface area contributed by atoms with E-state index in [0.29, 0.717) is 10.9 Å². The first kappa shape index (κ1) is 27.3. The molecular formula is C31H35ClFN3. The first-order valence-electron chi connectivity index (χ1n) is 12.4. The van der Waals surface area contributed by atoms with Gasteiger partial charge in [-0.05, 0) is 98.0 Å². The second-order valence-corrected chi connectivity index (χ2v) is 9.70. The van der Waals surface area contributed by atoms with E-state index >= 15 is 0 Å². The van der Waals surface area contributed by atoms with Gasteiger partial charge in [0.2, 0.25) is 0 Å². The smallest absolute Gasteiger partial charge is 0.127 e. The molecule has 1 unspecified atom stereocenters. The van der Waals surface area contributed by atoms with E-state index in [-0.39, 0.29) is 5.82 Å². The highest BCUT2D eigenvalue weighted by molar-refractivity contribution is 6.30. The summed E-state index contributed by atoms with van der Waals surface area (Å²) in [7, 11) is 0. The maximum Gasteiger partial charge on any atom is 0.127 e. The van der Waals surface area contributed by atoms with Gasteiger partial charge in [-0.2, -0.15) is 5.10 Å². The first-order valence-corrected chi connectivity index (χ1v) is 12.8. The molecule has 2 heterocycles. The van der Waals surface area contributed by atoms with E-state index in [0.717, 1.165) is 47.2 Å². The van der Waals surface area contributed by atoms with E-state index in [2.05, 4.69) is 60.2 Å². The van der Waals surface area contributed by atoms with E-state index in [9.17, 15) is 4.39 Å². The highest BCUT2D eigenvalue weighted by Crippen LogP contribution is 2.31. The largest absolute Gasteiger partial charge is 0.278 e. The van der Waals surface area contributed by atoms with Gasteiger partial charge in [-0.15, -0.1) is 0 Å². The molecule has 1 atom stereocenters. The Balaban J connectivity index is 0.000000162. The zero-order valence-electron chi connectivity index (χ0n) is 21.8. The lowest BCUT2D eigenvalue weighted by Gasteiger charge is -2.06. The van der Waals surface area contributed by atoms with Crippen LogP contribution in [-0.4, -0.2) is 15.2 Å². The third-order valence-corrected chi connectivity index (χ3v) is 6.37. The topological polar surface area (TPSA) is 41.6 Å². The van der Waals surface area contributed by atoms with Crippen LogP contribution in [0, 0.1) is 18.7 Å². The lowest BCUT2D eigenvalue weighted by molar-refractivity contribution is 0.586. The number of H-pyrrole nitrogens is 1. The molecule has 36 heavy (non-hydrogen) atoms. The molecule has 0 aliphatic heterocycles. The molecule has 0 saturated heterocycles. The average molecular weight is 504 g/mol. The van der Waals surface area contributed by atoms with Gasteiger partial charge in [0.15, 0.2) is 0 Å². The minimum absolute atomic E-state index is 0.0323. The average Bonchev–Trinajstić information content (AvgIpc) is 3.49. The number of aryl methyl sites for hydroxylation is 2. The minimum Gasteiger partial charge on any atom is -0.278 e. The van der Waals surface area contributed by atoms with Crippen molar-refractivity contribution in [2.45, 2.75) is 53.9 Å². The van der Waals surface area contributed by atoms with Crippen LogP contribution >= 0.6 is 11.6 Å². The molecule has 0 spiro atoms. The molecule has 1 N–H and O–H groups in total. The predicted molar refractivity (Wildman–Crippen MR) is 151 cm³/mol. The summed E-state index contributed by atoms with van der Waals surface area (Å²) in [6, 6.07) is 13.8. The van der Waals surface area contributed by atoms with Crippen LogP contribution in [0.1, 0.15) is 55.6 Å². The van der Waals surface area contributed by atoms with Gasteiger partial charge in [0.1, 0.15) is 5.82 Å². The Kier molecular flexibility index (Phi) is 10.0. The summed E-state index contributed by atoms with van der Waals surface area (Å²) in [5.41, 5.74) is 7.70. The maximum atomic E-state index is 14.0. The number of allylic oxidation sites excluding steroid dienone is 4. The van der Waals surface area contributed by atoms with Crippen molar-refractivity contribution < 1.29 is 4.39 Å². The summed E-state index contributed by atoms with van der Waals surface area (Å²) >= 11 is 5.61. The minimum atomic E-state index is -0.0323. The molecule has 0 radical (unpaired) electrons. The van der Waals surface area contributed by atoms with Gasteiger partial charge in [-0.1, -0.05) is 61.9 Å².